The van der Waals surface area contributed by atoms with Crippen LogP contribution >= 0.6 is 0 Å². The van der Waals surface area contributed by atoms with Crippen LogP contribution in [0.4, 0.5) is 5.69 Å². The quantitative estimate of drug-likeness (QED) is 0.534. The summed E-state index contributed by atoms with van der Waals surface area (Å²) < 4.78 is 11.5. The lowest BCUT2D eigenvalue weighted by Gasteiger charge is -2.35. The Morgan fingerprint density at radius 3 is 2.82 bits per heavy atom. The van der Waals surface area contributed by atoms with E-state index in [2.05, 4.69) is 28.1 Å². The van der Waals surface area contributed by atoms with E-state index in [0.29, 0.717) is 39.1 Å². The number of ether oxygens (including phenoxy) is 2. The summed E-state index contributed by atoms with van der Waals surface area (Å²) >= 11 is 0. The molecular weight excluding hydrogens is 480 g/mol. The van der Waals surface area contributed by atoms with E-state index in [-0.39, 0.29) is 24.4 Å². The molecule has 2 atom stereocenters. The number of anilines is 1. The van der Waals surface area contributed by atoms with Crippen molar-refractivity contribution in [3.8, 4) is 11.5 Å². The second kappa shape index (κ2) is 9.76. The fraction of sp³-hybridized carbons (Fsp3) is 0.367. The molecule has 3 aliphatic rings. The first-order valence-corrected chi connectivity index (χ1v) is 13.1. The molecule has 0 saturated carbocycles. The third-order valence-electron chi connectivity index (χ3n) is 8.12. The lowest BCUT2D eigenvalue weighted by Crippen LogP contribution is -2.47. The number of aromatic nitrogens is 1. The number of nitrogens with zero attached hydrogens (tertiary/aromatic N) is 4. The van der Waals surface area contributed by atoms with Crippen molar-refractivity contribution in [3.63, 3.8) is 0 Å². The van der Waals surface area contributed by atoms with E-state index in [1.165, 1.54) is 0 Å². The van der Waals surface area contributed by atoms with Crippen molar-refractivity contribution in [3.05, 3.63) is 83.7 Å². The molecule has 3 aromatic rings. The summed E-state index contributed by atoms with van der Waals surface area (Å²) in [5, 5.41) is 0. The predicted octanol–water partition coefficient (Wildman–Crippen LogP) is 3.56. The Bertz CT molecular complexity index is 1380. The fourth-order valence-electron chi connectivity index (χ4n) is 6.30. The molecule has 196 valence electrons. The van der Waals surface area contributed by atoms with E-state index in [4.69, 9.17) is 9.47 Å². The monoisotopic (exact) mass is 512 g/mol. The van der Waals surface area contributed by atoms with Crippen LogP contribution in [0.2, 0.25) is 0 Å². The average Bonchev–Trinajstić information content (AvgIpc) is 3.42. The molecule has 0 radical (unpaired) electrons. The van der Waals surface area contributed by atoms with Crippen LogP contribution in [0.15, 0.2) is 66.9 Å². The predicted molar refractivity (Wildman–Crippen MR) is 143 cm³/mol. The van der Waals surface area contributed by atoms with Gasteiger partial charge in [0.05, 0.1) is 30.9 Å². The Morgan fingerprint density at radius 1 is 1.08 bits per heavy atom. The summed E-state index contributed by atoms with van der Waals surface area (Å²) in [6, 6.07) is 19.6. The lowest BCUT2D eigenvalue weighted by molar-refractivity contribution is -0.131. The number of rotatable bonds is 3. The van der Waals surface area contributed by atoms with Gasteiger partial charge in [0.2, 0.25) is 11.8 Å². The lowest BCUT2D eigenvalue weighted by atomic mass is 9.72. The fourth-order valence-corrected chi connectivity index (χ4v) is 6.30. The molecular formula is C30H32N4O4. The van der Waals surface area contributed by atoms with E-state index in [1.54, 1.807) is 30.2 Å². The zero-order chi connectivity index (χ0) is 26.3. The number of benzene rings is 2. The molecule has 4 bridgehead atoms. The number of hydrogen-bond acceptors (Lipinski definition) is 6. The highest BCUT2D eigenvalue weighted by atomic mass is 16.5. The van der Waals surface area contributed by atoms with Crippen LogP contribution in [0.5, 0.6) is 11.5 Å². The largest absolute Gasteiger partial charge is 0.497 e. The maximum atomic E-state index is 14.5. The highest BCUT2D eigenvalue weighted by Gasteiger charge is 2.60. The minimum Gasteiger partial charge on any atom is -0.497 e. The van der Waals surface area contributed by atoms with E-state index in [1.807, 2.05) is 42.5 Å². The third kappa shape index (κ3) is 4.00. The standard InChI is InChI=1S/C30H32N4O4/c1-32-14-6-16-38-24-8-5-7-21(17-24)28-30(12-15-33(28)19-22-18-23(37-2)11-13-31-22)25-9-3-4-10-26(25)34(29(30)36)20-27(32)35/h3-5,7-11,13,17-18,28H,6,12,14-16,19-20H2,1-2H3/t28-,30+/m0/s1. The molecule has 8 nitrogen and oxygen atoms in total. The van der Waals surface area contributed by atoms with Gasteiger partial charge in [-0.05, 0) is 48.2 Å². The molecule has 2 amide bonds. The Balaban J connectivity index is 1.50. The zero-order valence-electron chi connectivity index (χ0n) is 21.8. The Morgan fingerprint density at radius 2 is 1.95 bits per heavy atom. The van der Waals surface area contributed by atoms with Gasteiger partial charge in [0.15, 0.2) is 0 Å². The van der Waals surface area contributed by atoms with Crippen LogP contribution in [0.1, 0.15) is 35.7 Å². The normalized spacial score (nSPS) is 23.5. The molecule has 38 heavy (non-hydrogen) atoms. The van der Waals surface area contributed by atoms with Crippen LogP contribution in [-0.4, -0.2) is 67.0 Å². The van der Waals surface area contributed by atoms with Gasteiger partial charge >= 0.3 is 0 Å². The van der Waals surface area contributed by atoms with Crippen molar-refractivity contribution in [1.82, 2.24) is 14.8 Å². The minimum atomic E-state index is -0.822. The van der Waals surface area contributed by atoms with Crippen LogP contribution in [0, 0.1) is 0 Å². The maximum Gasteiger partial charge on any atom is 0.242 e. The molecule has 0 aliphatic carbocycles. The summed E-state index contributed by atoms with van der Waals surface area (Å²) in [5.74, 6) is 1.43. The molecule has 2 aromatic carbocycles. The number of fused-ring (bicyclic) bond motifs is 6. The molecule has 1 spiro atoms. The van der Waals surface area contributed by atoms with Crippen LogP contribution in [-0.2, 0) is 21.5 Å². The van der Waals surface area contributed by atoms with Crippen molar-refractivity contribution in [1.29, 1.82) is 0 Å². The van der Waals surface area contributed by atoms with Gasteiger partial charge in [-0.1, -0.05) is 30.3 Å². The van der Waals surface area contributed by atoms with Crippen LogP contribution in [0.25, 0.3) is 0 Å². The van der Waals surface area contributed by atoms with Crippen LogP contribution in [0.3, 0.4) is 0 Å². The number of amides is 2. The Kier molecular flexibility index (Phi) is 6.27. The summed E-state index contributed by atoms with van der Waals surface area (Å²) in [6.45, 7) is 2.37. The average molecular weight is 513 g/mol. The number of carbonyl (C=O) groups is 2. The van der Waals surface area contributed by atoms with E-state index in [9.17, 15) is 9.59 Å². The number of likely N-dealkylation sites (N-methyl/N-ethyl adjacent to an activating group) is 1. The van der Waals surface area contributed by atoms with E-state index >= 15 is 0 Å². The number of pyridine rings is 1. The third-order valence-corrected chi connectivity index (χ3v) is 8.12. The Hall–Kier alpha value is -3.91. The first-order valence-electron chi connectivity index (χ1n) is 13.1. The van der Waals surface area contributed by atoms with E-state index < -0.39 is 5.41 Å². The van der Waals surface area contributed by atoms with Crippen molar-refractivity contribution >= 4 is 17.5 Å². The second-order valence-electron chi connectivity index (χ2n) is 10.3. The molecule has 1 saturated heterocycles. The molecule has 1 aromatic heterocycles. The second-order valence-corrected chi connectivity index (χ2v) is 10.3. The van der Waals surface area contributed by atoms with E-state index in [0.717, 1.165) is 34.0 Å². The zero-order valence-corrected chi connectivity index (χ0v) is 21.8. The number of hydrogen-bond donors (Lipinski definition) is 0. The number of likely N-dealkylation sites (tertiary alicyclic amines) is 1. The van der Waals surface area contributed by atoms with Gasteiger partial charge < -0.3 is 19.3 Å². The minimum absolute atomic E-state index is 0.0186. The molecule has 1 fully saturated rings. The topological polar surface area (TPSA) is 75.2 Å². The van der Waals surface area contributed by atoms with Crippen molar-refractivity contribution in [2.24, 2.45) is 0 Å². The number of methoxy groups -OCH3 is 1. The summed E-state index contributed by atoms with van der Waals surface area (Å²) in [7, 11) is 3.44. The molecule has 8 heteroatoms. The van der Waals surface area contributed by atoms with Gasteiger partial charge in [0, 0.05) is 44.6 Å². The van der Waals surface area contributed by atoms with Crippen molar-refractivity contribution in [2.45, 2.75) is 30.8 Å². The molecule has 3 aliphatic heterocycles. The van der Waals surface area contributed by atoms with Gasteiger partial charge in [-0.25, -0.2) is 0 Å². The number of carbonyl (C=O) groups excluding carboxylic acids is 2. The van der Waals surface area contributed by atoms with Gasteiger partial charge in [0.25, 0.3) is 0 Å². The van der Waals surface area contributed by atoms with Crippen molar-refractivity contribution in [2.75, 3.05) is 45.3 Å². The first-order chi connectivity index (χ1) is 18.5. The van der Waals surface area contributed by atoms with Crippen molar-refractivity contribution < 1.29 is 19.1 Å². The summed E-state index contributed by atoms with van der Waals surface area (Å²) in [5.41, 5.74) is 2.88. The van der Waals surface area contributed by atoms with Gasteiger partial charge in [0.1, 0.15) is 18.0 Å². The summed E-state index contributed by atoms with van der Waals surface area (Å²) in [4.78, 5) is 38.1. The number of para-hydroxylation sites is 1. The van der Waals surface area contributed by atoms with Gasteiger partial charge in [-0.3, -0.25) is 19.5 Å². The van der Waals surface area contributed by atoms with Gasteiger partial charge in [-0.15, -0.1) is 0 Å². The smallest absolute Gasteiger partial charge is 0.242 e. The molecule has 0 unspecified atom stereocenters. The Labute approximate surface area is 222 Å². The van der Waals surface area contributed by atoms with Crippen LogP contribution < -0.4 is 14.4 Å². The highest BCUT2D eigenvalue weighted by molar-refractivity contribution is 6.11. The molecule has 6 rings (SSSR count). The molecule has 4 heterocycles. The highest BCUT2D eigenvalue weighted by Crippen LogP contribution is 2.57. The van der Waals surface area contributed by atoms with Gasteiger partial charge in [-0.2, -0.15) is 0 Å². The SMILES string of the molecule is COc1ccnc(CN2CC[C@]34C(=O)N(CC(=O)N(C)CCCOc5cccc(c5)[C@H]23)c2ccccc24)c1. The molecule has 0 N–H and O–H groups in total. The summed E-state index contributed by atoms with van der Waals surface area (Å²) in [6.07, 6.45) is 3.10. The maximum absolute atomic E-state index is 14.5. The first kappa shape index (κ1) is 24.4.